The molecule has 1 fully saturated rings. The first-order chi connectivity index (χ1) is 21.5. The number of pyridine rings is 1. The number of carbonyl (C=O) groups excluding carboxylic acids is 1. The fourth-order valence-electron chi connectivity index (χ4n) is 6.23. The summed E-state index contributed by atoms with van der Waals surface area (Å²) in [5.74, 6) is 1.58. The summed E-state index contributed by atoms with van der Waals surface area (Å²) in [6, 6.07) is 15.0. The Balaban J connectivity index is 1.33. The first kappa shape index (κ1) is 32.4. The van der Waals surface area contributed by atoms with Gasteiger partial charge in [-0.3, -0.25) is 20.3 Å². The van der Waals surface area contributed by atoms with Crippen molar-refractivity contribution in [2.45, 2.75) is 70.1 Å². The lowest BCUT2D eigenvalue weighted by molar-refractivity contribution is 0.171. The molecule has 0 radical (unpaired) electrons. The van der Waals surface area contributed by atoms with Crippen LogP contribution in [0.25, 0.3) is 0 Å². The summed E-state index contributed by atoms with van der Waals surface area (Å²) in [7, 11) is 3.63. The van der Waals surface area contributed by atoms with Crippen LogP contribution in [0.15, 0.2) is 54.7 Å². The van der Waals surface area contributed by atoms with Crippen molar-refractivity contribution >= 4 is 35.2 Å². The molecule has 1 saturated heterocycles. The fourth-order valence-corrected chi connectivity index (χ4v) is 6.60. The van der Waals surface area contributed by atoms with Crippen LogP contribution in [0, 0.1) is 10.8 Å². The van der Waals surface area contributed by atoms with Crippen LogP contribution in [0.5, 0.6) is 11.5 Å². The lowest BCUT2D eigenvalue weighted by atomic mass is 9.85. The van der Waals surface area contributed by atoms with E-state index in [1.165, 1.54) is 11.9 Å². The molecule has 45 heavy (non-hydrogen) atoms. The van der Waals surface area contributed by atoms with Gasteiger partial charge in [-0.2, -0.15) is 0 Å². The fraction of sp³-hybridized carbons (Fsp3) is 0.441. The highest BCUT2D eigenvalue weighted by molar-refractivity contribution is 7.99. The Morgan fingerprint density at radius 2 is 1.78 bits per heavy atom. The van der Waals surface area contributed by atoms with Crippen molar-refractivity contribution in [2.24, 2.45) is 0 Å². The van der Waals surface area contributed by atoms with E-state index in [-0.39, 0.29) is 35.1 Å². The Labute approximate surface area is 270 Å². The maximum Gasteiger partial charge on any atom is 0.319 e. The first-order valence-corrected chi connectivity index (χ1v) is 16.6. The zero-order chi connectivity index (χ0) is 32.3. The number of rotatable bonds is 8. The number of likely N-dealkylation sites (tertiary alicyclic amines) is 1. The predicted octanol–water partition coefficient (Wildman–Crippen LogP) is 6.66. The maximum absolute atomic E-state index is 13.4. The van der Waals surface area contributed by atoms with Gasteiger partial charge in [0.1, 0.15) is 23.2 Å². The van der Waals surface area contributed by atoms with Crippen molar-refractivity contribution in [3.8, 4) is 11.5 Å². The molecule has 11 heteroatoms. The number of amides is 2. The summed E-state index contributed by atoms with van der Waals surface area (Å²) >= 11 is 1.47. The highest BCUT2D eigenvalue weighted by Crippen LogP contribution is 2.41. The monoisotopic (exact) mass is 631 g/mol. The van der Waals surface area contributed by atoms with Crippen molar-refractivity contribution in [3.63, 3.8) is 0 Å². The van der Waals surface area contributed by atoms with E-state index in [1.54, 1.807) is 30.0 Å². The van der Waals surface area contributed by atoms with E-state index in [2.05, 4.69) is 47.1 Å². The van der Waals surface area contributed by atoms with E-state index in [0.717, 1.165) is 41.8 Å². The van der Waals surface area contributed by atoms with Gasteiger partial charge in [-0.25, -0.2) is 4.79 Å². The molecular weight excluding hydrogens is 586 g/mol. The van der Waals surface area contributed by atoms with Gasteiger partial charge in [0.25, 0.3) is 0 Å². The number of carbonyl (C=O) groups is 1. The van der Waals surface area contributed by atoms with Crippen LogP contribution in [0.2, 0.25) is 0 Å². The Kier molecular flexibility index (Phi) is 9.79. The molecule has 240 valence electrons. The molecule has 2 aromatic carbocycles. The summed E-state index contributed by atoms with van der Waals surface area (Å²) in [4.78, 5) is 15.6. The predicted molar refractivity (Wildman–Crippen MR) is 182 cm³/mol. The largest absolute Gasteiger partial charge is 0.492 e. The smallest absolute Gasteiger partial charge is 0.319 e. The van der Waals surface area contributed by atoms with Gasteiger partial charge in [-0.05, 0) is 85.6 Å². The lowest BCUT2D eigenvalue weighted by Crippen LogP contribution is -2.40. The normalized spacial score (nSPS) is 19.8. The van der Waals surface area contributed by atoms with Crippen LogP contribution < -0.4 is 30.3 Å². The average molecular weight is 632 g/mol. The minimum atomic E-state index is -0.309. The third-order valence-electron chi connectivity index (χ3n) is 8.66. The van der Waals surface area contributed by atoms with E-state index < -0.39 is 0 Å². The van der Waals surface area contributed by atoms with Gasteiger partial charge < -0.3 is 24.8 Å². The molecule has 0 spiro atoms. The Hall–Kier alpha value is -3.96. The zero-order valence-electron chi connectivity index (χ0n) is 27.0. The summed E-state index contributed by atoms with van der Waals surface area (Å²) in [6.45, 7) is 7.37. The molecule has 1 aromatic heterocycles. The van der Waals surface area contributed by atoms with E-state index >= 15 is 0 Å². The number of likely N-dealkylation sites (N-methyl/N-ethyl adjacent to an activating group) is 1. The second-order valence-electron chi connectivity index (χ2n) is 12.8. The van der Waals surface area contributed by atoms with E-state index in [0.29, 0.717) is 35.9 Å². The number of nitrogens with zero attached hydrogens (tertiary/aromatic N) is 2. The van der Waals surface area contributed by atoms with Gasteiger partial charge >= 0.3 is 6.03 Å². The molecule has 1 aliphatic heterocycles. The first-order valence-electron chi connectivity index (χ1n) is 15.4. The van der Waals surface area contributed by atoms with Crippen LogP contribution in [-0.4, -0.2) is 54.3 Å². The second-order valence-corrected chi connectivity index (χ2v) is 13.4. The van der Waals surface area contributed by atoms with Gasteiger partial charge in [0.05, 0.1) is 36.8 Å². The number of anilines is 2. The summed E-state index contributed by atoms with van der Waals surface area (Å²) < 4.78 is 17.1. The molecule has 5 N–H and O–H groups in total. The van der Waals surface area contributed by atoms with E-state index in [1.807, 2.05) is 43.6 Å². The topological polar surface area (TPSA) is 127 Å². The number of nitrogens with one attached hydrogen (secondary N) is 5. The summed E-state index contributed by atoms with van der Waals surface area (Å²) in [5, 5.41) is 23.5. The molecule has 1 aliphatic carbocycles. The highest BCUT2D eigenvalue weighted by atomic mass is 32.2. The van der Waals surface area contributed by atoms with Crippen molar-refractivity contribution < 1.29 is 14.3 Å². The van der Waals surface area contributed by atoms with Gasteiger partial charge in [-0.15, -0.1) is 0 Å². The molecule has 3 atom stereocenters. The van der Waals surface area contributed by atoms with Crippen molar-refractivity contribution in [1.82, 2.24) is 14.8 Å². The van der Waals surface area contributed by atoms with Crippen LogP contribution in [0.4, 0.5) is 16.2 Å². The number of hydrogen-bond donors (Lipinski definition) is 5. The van der Waals surface area contributed by atoms with Crippen molar-refractivity contribution in [2.75, 3.05) is 37.0 Å². The summed E-state index contributed by atoms with van der Waals surface area (Å²) in [5.41, 5.74) is 4.63. The number of aromatic nitrogens is 1. The molecule has 0 saturated carbocycles. The van der Waals surface area contributed by atoms with Crippen molar-refractivity contribution in [1.29, 1.82) is 10.8 Å². The molecule has 2 aliphatic rings. The number of hydrogen-bond acceptors (Lipinski definition) is 8. The van der Waals surface area contributed by atoms with Crippen LogP contribution >= 0.6 is 11.9 Å². The van der Waals surface area contributed by atoms with Gasteiger partial charge in [0.2, 0.25) is 0 Å². The third kappa shape index (κ3) is 7.15. The van der Waals surface area contributed by atoms with Gasteiger partial charge in [0.15, 0.2) is 5.75 Å². The Morgan fingerprint density at radius 3 is 2.44 bits per heavy atom. The standard InChI is InChI=1S/C34H45N7O3S/c1-34(2,3)21-18-26(31(43-5)27(19-21)39-45-6)38-33(42)37-25-14-15-29(24-11-8-7-10-23(24)25)44-22-13-16-30(35)41(20-22)32(36)28-12-9-17-40(28)4/h7-8,10-11,13,16,18-20,25,28-29,35-36,39H,9,12,14-15,17H2,1-6H3,(H2,37,38,42). The van der Waals surface area contributed by atoms with Crippen LogP contribution in [0.3, 0.4) is 0 Å². The molecule has 10 nitrogen and oxygen atoms in total. The van der Waals surface area contributed by atoms with Gasteiger partial charge in [-0.1, -0.05) is 57.0 Å². The molecule has 5 rings (SSSR count). The lowest BCUT2D eigenvalue weighted by Gasteiger charge is -2.32. The molecule has 2 heterocycles. The highest BCUT2D eigenvalue weighted by Gasteiger charge is 2.31. The summed E-state index contributed by atoms with van der Waals surface area (Å²) in [6.07, 6.45) is 6.83. The molecule has 3 aromatic rings. The minimum Gasteiger partial charge on any atom is -0.492 e. The number of urea groups is 1. The SMILES string of the molecule is COc1c(NSC)cc(C(C)(C)C)cc1NC(=O)NC1CCC(Oc2ccc(=N)n(C(=N)C3CCCN3C)c2)c2ccccc21. The van der Waals surface area contributed by atoms with E-state index in [4.69, 9.17) is 20.3 Å². The molecule has 0 bridgehead atoms. The van der Waals surface area contributed by atoms with Gasteiger partial charge in [0, 0.05) is 6.26 Å². The average Bonchev–Trinajstić information content (AvgIpc) is 3.44. The molecule has 3 unspecified atom stereocenters. The Morgan fingerprint density at radius 1 is 1.04 bits per heavy atom. The maximum atomic E-state index is 13.4. The third-order valence-corrected chi connectivity index (χ3v) is 9.08. The van der Waals surface area contributed by atoms with Crippen LogP contribution in [-0.2, 0) is 5.41 Å². The number of fused-ring (bicyclic) bond motifs is 1. The molecular formula is C34H45N7O3S. The van der Waals surface area contributed by atoms with E-state index in [9.17, 15) is 4.79 Å². The number of ether oxygens (including phenoxy) is 2. The van der Waals surface area contributed by atoms with Crippen molar-refractivity contribution in [3.05, 3.63) is 76.9 Å². The zero-order valence-corrected chi connectivity index (χ0v) is 27.8. The quantitative estimate of drug-likeness (QED) is 0.108. The Bertz CT molecular complexity index is 1620. The minimum absolute atomic E-state index is 0.00738. The second kappa shape index (κ2) is 13.6. The van der Waals surface area contributed by atoms with Crippen LogP contribution in [0.1, 0.15) is 75.3 Å². The number of methoxy groups -OCH3 is 1. The number of benzene rings is 2. The molecule has 2 amide bonds.